The highest BCUT2D eigenvalue weighted by Gasteiger charge is 2.56. The van der Waals surface area contributed by atoms with Gasteiger partial charge in [0.1, 0.15) is 0 Å². The minimum absolute atomic E-state index is 0.331. The summed E-state index contributed by atoms with van der Waals surface area (Å²) in [6, 6.07) is 0. The van der Waals surface area contributed by atoms with Crippen LogP contribution in [0.15, 0.2) is 47.1 Å². The molecule has 0 bridgehead atoms. The largest absolute Gasteiger partial charge is 0.388 e. The number of fused-ring (bicyclic) bond motifs is 1. The summed E-state index contributed by atoms with van der Waals surface area (Å²) in [7, 11) is 0. The maximum Gasteiger partial charge on any atom is 0.0787 e. The van der Waals surface area contributed by atoms with Crippen LogP contribution in [-0.4, -0.2) is 11.2 Å². The van der Waals surface area contributed by atoms with Crippen LogP contribution in [0.25, 0.3) is 0 Å². The molecule has 0 unspecified atom stereocenters. The number of aliphatic hydroxyl groups excluding tert-OH is 1. The molecule has 4 aliphatic rings. The summed E-state index contributed by atoms with van der Waals surface area (Å²) < 4.78 is 0. The van der Waals surface area contributed by atoms with Gasteiger partial charge in [-0.05, 0) is 87.2 Å². The Kier molecular flexibility index (Phi) is 4.98. The van der Waals surface area contributed by atoms with Crippen molar-refractivity contribution in [3.63, 3.8) is 0 Å². The van der Waals surface area contributed by atoms with Gasteiger partial charge in [0.15, 0.2) is 0 Å². The summed E-state index contributed by atoms with van der Waals surface area (Å²) >= 11 is 0. The van der Waals surface area contributed by atoms with Crippen LogP contribution >= 0.6 is 0 Å². The fourth-order valence-electron chi connectivity index (χ4n) is 6.02. The minimum atomic E-state index is -0.339. The van der Waals surface area contributed by atoms with Crippen molar-refractivity contribution < 1.29 is 5.11 Å². The Bertz CT molecular complexity index is 777. The molecule has 0 spiro atoms. The van der Waals surface area contributed by atoms with Crippen molar-refractivity contribution in [2.45, 2.75) is 84.2 Å². The second-order valence-corrected chi connectivity index (χ2v) is 9.43. The molecule has 0 amide bonds. The van der Waals surface area contributed by atoms with Crippen LogP contribution in [0.5, 0.6) is 0 Å². The van der Waals surface area contributed by atoms with E-state index < -0.39 is 0 Å². The first-order valence-corrected chi connectivity index (χ1v) is 10.9. The van der Waals surface area contributed by atoms with E-state index in [0.717, 1.165) is 31.3 Å². The highest BCUT2D eigenvalue weighted by atomic mass is 16.3. The van der Waals surface area contributed by atoms with Crippen LogP contribution in [0, 0.1) is 28.6 Å². The van der Waals surface area contributed by atoms with Crippen LogP contribution in [-0.2, 0) is 0 Å². The van der Waals surface area contributed by atoms with E-state index >= 15 is 0 Å². The number of hydrogen-bond donors (Lipinski definition) is 1. The number of aliphatic hydroxyl groups is 1. The number of allylic oxidation sites excluding steroid dienone is 5. The van der Waals surface area contributed by atoms with Crippen LogP contribution in [0.2, 0.25) is 0 Å². The Balaban J connectivity index is 1.57. The van der Waals surface area contributed by atoms with Gasteiger partial charge in [0.05, 0.1) is 6.10 Å². The lowest BCUT2D eigenvalue weighted by atomic mass is 9.61. The molecule has 0 aromatic carbocycles. The lowest BCUT2D eigenvalue weighted by molar-refractivity contribution is 0.191. The minimum Gasteiger partial charge on any atom is -0.388 e. The maximum atomic E-state index is 10.1. The van der Waals surface area contributed by atoms with Gasteiger partial charge in [-0.3, -0.25) is 0 Å². The molecule has 0 saturated heterocycles. The fraction of sp³-hybridized carbons (Fsp3) is 0.615. The third-order valence-corrected chi connectivity index (χ3v) is 7.82. The van der Waals surface area contributed by atoms with Crippen molar-refractivity contribution >= 4 is 0 Å². The van der Waals surface area contributed by atoms with E-state index in [-0.39, 0.29) is 6.10 Å². The van der Waals surface area contributed by atoms with E-state index in [0.29, 0.717) is 16.7 Å². The highest BCUT2D eigenvalue weighted by Crippen LogP contribution is 2.67. The predicted octanol–water partition coefficient (Wildman–Crippen LogP) is 6.27. The molecule has 3 fully saturated rings. The second-order valence-electron chi connectivity index (χ2n) is 9.43. The van der Waals surface area contributed by atoms with Gasteiger partial charge in [-0.15, -0.1) is 11.8 Å². The summed E-state index contributed by atoms with van der Waals surface area (Å²) in [6.45, 7) is 8.63. The molecular weight excluding hydrogens is 328 g/mol. The Morgan fingerprint density at radius 2 is 2.04 bits per heavy atom. The van der Waals surface area contributed by atoms with Gasteiger partial charge in [-0.25, -0.2) is 0 Å². The molecule has 1 nitrogen and oxygen atoms in total. The monoisotopic (exact) mass is 362 g/mol. The predicted molar refractivity (Wildman–Crippen MR) is 113 cm³/mol. The van der Waals surface area contributed by atoms with Gasteiger partial charge in [0.25, 0.3) is 0 Å². The lowest BCUT2D eigenvalue weighted by Gasteiger charge is -2.43. The molecule has 1 N–H and O–H groups in total. The van der Waals surface area contributed by atoms with Crippen LogP contribution in [0.4, 0.5) is 0 Å². The van der Waals surface area contributed by atoms with Gasteiger partial charge in [0, 0.05) is 11.8 Å². The van der Waals surface area contributed by atoms with E-state index in [1.54, 1.807) is 11.1 Å². The van der Waals surface area contributed by atoms with E-state index in [2.05, 4.69) is 43.6 Å². The van der Waals surface area contributed by atoms with Crippen LogP contribution in [0.3, 0.4) is 0 Å². The molecule has 1 heteroatoms. The third kappa shape index (κ3) is 3.27. The van der Waals surface area contributed by atoms with Crippen molar-refractivity contribution in [2.75, 3.05) is 0 Å². The smallest absolute Gasteiger partial charge is 0.0787 e. The van der Waals surface area contributed by atoms with Crippen molar-refractivity contribution in [1.82, 2.24) is 0 Å². The molecule has 4 rings (SSSR count). The quantitative estimate of drug-likeness (QED) is 0.463. The molecule has 0 heterocycles. The zero-order chi connectivity index (χ0) is 19.1. The SMILES string of the molecule is C=C1/C(=C\C=C2/CCC[C@]3(C)C(C4(CC#CC)CC4)=CC[C@@H]23)CCC[C@@H]1O. The Hall–Kier alpha value is -1.52. The summed E-state index contributed by atoms with van der Waals surface area (Å²) in [6.07, 6.45) is 18.7. The van der Waals surface area contributed by atoms with Crippen LogP contribution < -0.4 is 0 Å². The molecule has 0 radical (unpaired) electrons. The standard InChI is InChI=1S/C26H34O/c1-4-5-16-26(17-18-26)24-14-13-22-21(9-7-15-25(22,24)3)12-11-20-8-6-10-23(27)19(20)2/h11-12,14,22-23,27H,2,6-10,13,15-18H2,1,3H3/b20-11-,21-12+/t22-,23-,25-/m0/s1. The molecular formula is C26H34O. The number of rotatable bonds is 3. The zero-order valence-corrected chi connectivity index (χ0v) is 17.1. The maximum absolute atomic E-state index is 10.1. The van der Waals surface area contributed by atoms with Crippen molar-refractivity contribution in [3.05, 3.63) is 47.1 Å². The van der Waals surface area contributed by atoms with Crippen molar-refractivity contribution in [2.24, 2.45) is 16.7 Å². The first kappa shape index (κ1) is 18.8. The van der Waals surface area contributed by atoms with Gasteiger partial charge < -0.3 is 5.11 Å². The van der Waals surface area contributed by atoms with E-state index in [1.165, 1.54) is 44.1 Å². The molecule has 0 aromatic rings. The van der Waals surface area contributed by atoms with Gasteiger partial charge >= 0.3 is 0 Å². The summed E-state index contributed by atoms with van der Waals surface area (Å²) in [5, 5.41) is 10.1. The van der Waals surface area contributed by atoms with E-state index in [1.807, 2.05) is 6.92 Å². The number of hydrogen-bond acceptors (Lipinski definition) is 1. The first-order chi connectivity index (χ1) is 13.0. The molecule has 0 aromatic heterocycles. The fourth-order valence-corrected chi connectivity index (χ4v) is 6.02. The Morgan fingerprint density at radius 1 is 1.22 bits per heavy atom. The highest BCUT2D eigenvalue weighted by molar-refractivity contribution is 5.42. The van der Waals surface area contributed by atoms with Gasteiger partial charge in [-0.1, -0.05) is 42.9 Å². The Labute approximate surface area is 165 Å². The topological polar surface area (TPSA) is 20.2 Å². The molecule has 3 saturated carbocycles. The average molecular weight is 363 g/mol. The molecule has 4 aliphatic carbocycles. The van der Waals surface area contributed by atoms with Crippen LogP contribution in [0.1, 0.15) is 78.1 Å². The van der Waals surface area contributed by atoms with Crippen molar-refractivity contribution in [1.29, 1.82) is 0 Å². The zero-order valence-electron chi connectivity index (χ0n) is 17.1. The summed E-state index contributed by atoms with van der Waals surface area (Å²) in [5.41, 5.74) is 6.28. The van der Waals surface area contributed by atoms with Gasteiger partial charge in [-0.2, -0.15) is 0 Å². The second kappa shape index (κ2) is 7.14. The van der Waals surface area contributed by atoms with Gasteiger partial charge in [0.2, 0.25) is 0 Å². The summed E-state index contributed by atoms with van der Waals surface area (Å²) in [5.74, 6) is 7.16. The van der Waals surface area contributed by atoms with E-state index in [9.17, 15) is 5.11 Å². The Morgan fingerprint density at radius 3 is 2.78 bits per heavy atom. The lowest BCUT2D eigenvalue weighted by Crippen LogP contribution is -2.33. The third-order valence-electron chi connectivity index (χ3n) is 7.82. The first-order valence-electron chi connectivity index (χ1n) is 10.9. The van der Waals surface area contributed by atoms with E-state index in [4.69, 9.17) is 0 Å². The summed E-state index contributed by atoms with van der Waals surface area (Å²) in [4.78, 5) is 0. The molecule has 3 atom stereocenters. The molecule has 27 heavy (non-hydrogen) atoms. The normalized spacial score (nSPS) is 37.6. The molecule has 0 aliphatic heterocycles. The van der Waals surface area contributed by atoms with Crippen molar-refractivity contribution in [3.8, 4) is 11.8 Å². The average Bonchev–Trinajstić information content (AvgIpc) is 3.35. The molecule has 144 valence electrons.